The van der Waals surface area contributed by atoms with E-state index in [-0.39, 0.29) is 11.9 Å². The van der Waals surface area contributed by atoms with Crippen LogP contribution in [0.25, 0.3) is 0 Å². The van der Waals surface area contributed by atoms with Crippen LogP contribution >= 0.6 is 0 Å². The molecule has 0 amide bonds. The molecule has 2 atom stereocenters. The Balaban J connectivity index is 2.28. The van der Waals surface area contributed by atoms with Crippen molar-refractivity contribution < 1.29 is 4.39 Å². The highest BCUT2D eigenvalue weighted by atomic mass is 19.1. The number of anilines is 1. The second kappa shape index (κ2) is 6.55. The van der Waals surface area contributed by atoms with Gasteiger partial charge in [0.25, 0.3) is 0 Å². The van der Waals surface area contributed by atoms with E-state index >= 15 is 0 Å². The highest BCUT2D eigenvalue weighted by molar-refractivity contribution is 5.50. The maximum Gasteiger partial charge on any atom is 0.146 e. The Morgan fingerprint density at radius 3 is 2.75 bits per heavy atom. The maximum absolute atomic E-state index is 14.4. The van der Waals surface area contributed by atoms with Gasteiger partial charge < -0.3 is 15.5 Å². The SMILES string of the molecule is CCC1CN(C)CCCN1c1ccc([C@H](C)N)cc1F. The Labute approximate surface area is 121 Å². The van der Waals surface area contributed by atoms with Crippen LogP contribution in [0.2, 0.25) is 0 Å². The lowest BCUT2D eigenvalue weighted by atomic mass is 10.1. The number of hydrogen-bond acceptors (Lipinski definition) is 3. The molecule has 1 aromatic carbocycles. The third kappa shape index (κ3) is 3.30. The molecule has 20 heavy (non-hydrogen) atoms. The number of likely N-dealkylation sites (N-methyl/N-ethyl adjacent to an activating group) is 1. The third-order valence-electron chi connectivity index (χ3n) is 4.18. The minimum Gasteiger partial charge on any atom is -0.365 e. The lowest BCUT2D eigenvalue weighted by Crippen LogP contribution is -2.40. The van der Waals surface area contributed by atoms with Crippen molar-refractivity contribution in [1.82, 2.24) is 4.90 Å². The first kappa shape index (κ1) is 15.3. The zero-order valence-electron chi connectivity index (χ0n) is 12.8. The van der Waals surface area contributed by atoms with Crippen LogP contribution in [0.15, 0.2) is 18.2 Å². The van der Waals surface area contributed by atoms with Gasteiger partial charge in [-0.2, -0.15) is 0 Å². The van der Waals surface area contributed by atoms with Crippen LogP contribution in [0.5, 0.6) is 0 Å². The van der Waals surface area contributed by atoms with Gasteiger partial charge in [0.15, 0.2) is 0 Å². The number of rotatable bonds is 3. The van der Waals surface area contributed by atoms with E-state index in [9.17, 15) is 4.39 Å². The molecule has 0 spiro atoms. The van der Waals surface area contributed by atoms with Gasteiger partial charge in [0.2, 0.25) is 0 Å². The predicted octanol–water partition coefficient (Wildman–Crippen LogP) is 2.77. The molecule has 1 aliphatic heterocycles. The Bertz CT molecular complexity index is 447. The van der Waals surface area contributed by atoms with Gasteiger partial charge in [0.05, 0.1) is 5.69 Å². The first-order valence-electron chi connectivity index (χ1n) is 7.53. The van der Waals surface area contributed by atoms with Gasteiger partial charge >= 0.3 is 0 Å². The van der Waals surface area contributed by atoms with E-state index in [0.717, 1.165) is 43.7 Å². The van der Waals surface area contributed by atoms with Crippen molar-refractivity contribution >= 4 is 5.69 Å². The molecule has 1 saturated heterocycles. The lowest BCUT2D eigenvalue weighted by molar-refractivity contribution is 0.327. The van der Waals surface area contributed by atoms with E-state index in [1.165, 1.54) is 0 Å². The molecule has 1 aliphatic rings. The molecule has 0 aromatic heterocycles. The monoisotopic (exact) mass is 279 g/mol. The summed E-state index contributed by atoms with van der Waals surface area (Å²) in [5.41, 5.74) is 7.39. The summed E-state index contributed by atoms with van der Waals surface area (Å²) in [5.74, 6) is -0.150. The van der Waals surface area contributed by atoms with Crippen LogP contribution in [0.3, 0.4) is 0 Å². The molecule has 4 heteroatoms. The number of hydrogen-bond donors (Lipinski definition) is 1. The minimum atomic E-state index is -0.150. The number of nitrogens with zero attached hydrogens (tertiary/aromatic N) is 2. The van der Waals surface area contributed by atoms with Crippen LogP contribution in [-0.2, 0) is 0 Å². The molecule has 0 bridgehead atoms. The average molecular weight is 279 g/mol. The van der Waals surface area contributed by atoms with Gasteiger partial charge in [-0.05, 0) is 51.1 Å². The van der Waals surface area contributed by atoms with E-state index in [1.807, 2.05) is 19.1 Å². The third-order valence-corrected chi connectivity index (χ3v) is 4.18. The molecule has 0 radical (unpaired) electrons. The first-order valence-corrected chi connectivity index (χ1v) is 7.53. The predicted molar refractivity (Wildman–Crippen MR) is 82.5 cm³/mol. The van der Waals surface area contributed by atoms with Gasteiger partial charge in [-0.15, -0.1) is 0 Å². The molecule has 2 rings (SSSR count). The summed E-state index contributed by atoms with van der Waals surface area (Å²) >= 11 is 0. The molecule has 1 aromatic rings. The molecule has 3 nitrogen and oxygen atoms in total. The van der Waals surface area contributed by atoms with E-state index < -0.39 is 0 Å². The van der Waals surface area contributed by atoms with E-state index in [0.29, 0.717) is 6.04 Å². The second-order valence-corrected chi connectivity index (χ2v) is 5.87. The summed E-state index contributed by atoms with van der Waals surface area (Å²) in [6.45, 7) is 7.03. The Kier molecular flexibility index (Phi) is 5.00. The van der Waals surface area contributed by atoms with Crippen LogP contribution in [0.4, 0.5) is 10.1 Å². The quantitative estimate of drug-likeness (QED) is 0.923. The van der Waals surface area contributed by atoms with Gasteiger partial charge in [0.1, 0.15) is 5.82 Å². The summed E-state index contributed by atoms with van der Waals surface area (Å²) < 4.78 is 14.4. The highest BCUT2D eigenvalue weighted by Gasteiger charge is 2.24. The van der Waals surface area contributed by atoms with Gasteiger partial charge in [-0.1, -0.05) is 13.0 Å². The highest BCUT2D eigenvalue weighted by Crippen LogP contribution is 2.27. The van der Waals surface area contributed by atoms with Crippen molar-refractivity contribution in [2.45, 2.75) is 38.8 Å². The van der Waals surface area contributed by atoms with E-state index in [2.05, 4.69) is 23.8 Å². The van der Waals surface area contributed by atoms with Gasteiger partial charge in [0, 0.05) is 25.2 Å². The lowest BCUT2D eigenvalue weighted by Gasteiger charge is -2.32. The second-order valence-electron chi connectivity index (χ2n) is 5.87. The standard InChI is InChI=1S/C16H26FN3/c1-4-14-11-19(3)8-5-9-20(14)16-7-6-13(12(2)18)10-15(16)17/h6-7,10,12,14H,4-5,8-9,11,18H2,1-3H3/t12-,14?/m0/s1. The molecular weight excluding hydrogens is 253 g/mol. The van der Waals surface area contributed by atoms with Gasteiger partial charge in [-0.25, -0.2) is 4.39 Å². The zero-order valence-corrected chi connectivity index (χ0v) is 12.8. The molecular formula is C16H26FN3. The summed E-state index contributed by atoms with van der Waals surface area (Å²) in [4.78, 5) is 4.56. The Morgan fingerprint density at radius 1 is 1.40 bits per heavy atom. The fourth-order valence-corrected chi connectivity index (χ4v) is 2.95. The molecule has 0 saturated carbocycles. The van der Waals surface area contributed by atoms with Crippen molar-refractivity contribution in [2.75, 3.05) is 31.6 Å². The Hall–Kier alpha value is -1.13. The normalized spacial score (nSPS) is 22.6. The number of nitrogens with two attached hydrogens (primary N) is 1. The fraction of sp³-hybridized carbons (Fsp3) is 0.625. The smallest absolute Gasteiger partial charge is 0.146 e. The van der Waals surface area contributed by atoms with Crippen LogP contribution in [0.1, 0.15) is 38.3 Å². The zero-order chi connectivity index (χ0) is 14.7. The van der Waals surface area contributed by atoms with Crippen LogP contribution in [0, 0.1) is 5.82 Å². The van der Waals surface area contributed by atoms with Crippen molar-refractivity contribution in [1.29, 1.82) is 0 Å². The van der Waals surface area contributed by atoms with Crippen molar-refractivity contribution in [3.8, 4) is 0 Å². The van der Waals surface area contributed by atoms with Crippen molar-refractivity contribution in [3.05, 3.63) is 29.6 Å². The van der Waals surface area contributed by atoms with E-state index in [1.54, 1.807) is 6.07 Å². The summed E-state index contributed by atoms with van der Waals surface area (Å²) in [6.07, 6.45) is 2.10. The van der Waals surface area contributed by atoms with E-state index in [4.69, 9.17) is 5.73 Å². The van der Waals surface area contributed by atoms with Crippen LogP contribution < -0.4 is 10.6 Å². The van der Waals surface area contributed by atoms with Crippen molar-refractivity contribution in [2.24, 2.45) is 5.73 Å². The molecule has 2 N–H and O–H groups in total. The molecule has 1 fully saturated rings. The van der Waals surface area contributed by atoms with Crippen molar-refractivity contribution in [3.63, 3.8) is 0 Å². The first-order chi connectivity index (χ1) is 9.52. The molecule has 1 heterocycles. The maximum atomic E-state index is 14.4. The molecule has 0 aliphatic carbocycles. The average Bonchev–Trinajstić information content (AvgIpc) is 2.60. The number of halogens is 1. The van der Waals surface area contributed by atoms with Gasteiger partial charge in [-0.3, -0.25) is 0 Å². The number of benzene rings is 1. The molecule has 1 unspecified atom stereocenters. The summed E-state index contributed by atoms with van der Waals surface area (Å²) in [6, 6.07) is 5.67. The van der Waals surface area contributed by atoms with Crippen LogP contribution in [-0.4, -0.2) is 37.6 Å². The summed E-state index contributed by atoms with van der Waals surface area (Å²) in [5, 5.41) is 0. The Morgan fingerprint density at radius 2 is 2.15 bits per heavy atom. The largest absolute Gasteiger partial charge is 0.365 e. The topological polar surface area (TPSA) is 32.5 Å². The minimum absolute atomic E-state index is 0.129. The molecule has 112 valence electrons. The summed E-state index contributed by atoms with van der Waals surface area (Å²) in [7, 11) is 2.14. The fourth-order valence-electron chi connectivity index (χ4n) is 2.95.